The Morgan fingerprint density at radius 3 is 2.80 bits per heavy atom. The van der Waals surface area contributed by atoms with Crippen molar-refractivity contribution in [2.24, 2.45) is 0 Å². The minimum absolute atomic E-state index is 0.325. The van der Waals surface area contributed by atoms with Crippen LogP contribution in [0.4, 0.5) is 5.69 Å². The van der Waals surface area contributed by atoms with E-state index >= 15 is 0 Å². The summed E-state index contributed by atoms with van der Waals surface area (Å²) < 4.78 is 5.96. The zero-order valence-corrected chi connectivity index (χ0v) is 9.36. The van der Waals surface area contributed by atoms with Crippen LogP contribution in [0.3, 0.4) is 0 Å². The molecule has 82 valence electrons. The fourth-order valence-corrected chi connectivity index (χ4v) is 1.83. The first-order valence-corrected chi connectivity index (χ1v) is 5.41. The Bertz CT molecular complexity index is 319. The molecule has 1 saturated heterocycles. The van der Waals surface area contributed by atoms with Gasteiger partial charge in [-0.05, 0) is 25.1 Å². The normalized spacial score (nSPS) is 20.3. The summed E-state index contributed by atoms with van der Waals surface area (Å²) in [5.41, 5.74) is 1.14. The van der Waals surface area contributed by atoms with Gasteiger partial charge in [0.2, 0.25) is 0 Å². The molecule has 3 nitrogen and oxygen atoms in total. The number of rotatable bonds is 3. The standard InChI is InChI=1S/C12H18N2O/c1-14(2)11-5-3-4-6-12(11)15-10-7-8-13-9-10/h3-6,10,13H,7-9H2,1-2H3. The molecule has 1 aliphatic heterocycles. The van der Waals surface area contributed by atoms with Crippen LogP contribution in [0.25, 0.3) is 0 Å². The number of ether oxygens (including phenoxy) is 1. The minimum Gasteiger partial charge on any atom is -0.487 e. The van der Waals surface area contributed by atoms with Crippen molar-refractivity contribution >= 4 is 5.69 Å². The van der Waals surface area contributed by atoms with Gasteiger partial charge in [-0.3, -0.25) is 0 Å². The van der Waals surface area contributed by atoms with E-state index in [1.807, 2.05) is 32.3 Å². The van der Waals surface area contributed by atoms with Crippen molar-refractivity contribution in [3.63, 3.8) is 0 Å². The van der Waals surface area contributed by atoms with Gasteiger partial charge in [-0.2, -0.15) is 0 Å². The third-order valence-corrected chi connectivity index (χ3v) is 2.66. The van der Waals surface area contributed by atoms with E-state index < -0.39 is 0 Å². The summed E-state index contributed by atoms with van der Waals surface area (Å²) in [4.78, 5) is 2.08. The average molecular weight is 206 g/mol. The topological polar surface area (TPSA) is 24.5 Å². The van der Waals surface area contributed by atoms with Gasteiger partial charge in [0, 0.05) is 20.6 Å². The van der Waals surface area contributed by atoms with Crippen LogP contribution in [0.15, 0.2) is 24.3 Å². The third kappa shape index (κ3) is 2.42. The molecule has 0 amide bonds. The third-order valence-electron chi connectivity index (χ3n) is 2.66. The van der Waals surface area contributed by atoms with Gasteiger partial charge < -0.3 is 15.0 Å². The van der Waals surface area contributed by atoms with Gasteiger partial charge >= 0.3 is 0 Å². The molecule has 1 atom stereocenters. The first kappa shape index (κ1) is 10.3. The second kappa shape index (κ2) is 4.53. The van der Waals surface area contributed by atoms with E-state index in [0.29, 0.717) is 6.10 Å². The largest absolute Gasteiger partial charge is 0.487 e. The van der Waals surface area contributed by atoms with Crippen molar-refractivity contribution in [1.82, 2.24) is 5.32 Å². The van der Waals surface area contributed by atoms with E-state index in [9.17, 15) is 0 Å². The Morgan fingerprint density at radius 2 is 2.13 bits per heavy atom. The maximum atomic E-state index is 5.96. The molecule has 0 aliphatic carbocycles. The zero-order valence-electron chi connectivity index (χ0n) is 9.36. The molecule has 1 aliphatic rings. The highest BCUT2D eigenvalue weighted by Crippen LogP contribution is 2.27. The Hall–Kier alpha value is -1.22. The predicted octanol–water partition coefficient (Wildman–Crippen LogP) is 1.49. The van der Waals surface area contributed by atoms with Crippen molar-refractivity contribution in [2.45, 2.75) is 12.5 Å². The molecule has 1 aromatic rings. The highest BCUT2D eigenvalue weighted by atomic mass is 16.5. The van der Waals surface area contributed by atoms with Gasteiger partial charge in [0.25, 0.3) is 0 Å². The molecule has 0 radical (unpaired) electrons. The molecule has 1 fully saturated rings. The molecule has 1 N–H and O–H groups in total. The molecule has 3 heteroatoms. The van der Waals surface area contributed by atoms with Crippen LogP contribution in [0.1, 0.15) is 6.42 Å². The molecule has 15 heavy (non-hydrogen) atoms. The smallest absolute Gasteiger partial charge is 0.143 e. The number of hydrogen-bond donors (Lipinski definition) is 1. The minimum atomic E-state index is 0.325. The van der Waals surface area contributed by atoms with Crippen LogP contribution < -0.4 is 15.0 Å². The summed E-state index contributed by atoms with van der Waals surface area (Å²) in [6.07, 6.45) is 1.42. The second-order valence-corrected chi connectivity index (χ2v) is 4.09. The number of benzene rings is 1. The van der Waals surface area contributed by atoms with Crippen molar-refractivity contribution in [3.05, 3.63) is 24.3 Å². The van der Waals surface area contributed by atoms with Crippen LogP contribution in [0.2, 0.25) is 0 Å². The summed E-state index contributed by atoms with van der Waals surface area (Å²) in [5, 5.41) is 3.30. The van der Waals surface area contributed by atoms with Crippen LogP contribution in [0, 0.1) is 0 Å². The lowest BCUT2D eigenvalue weighted by atomic mass is 10.2. The van der Waals surface area contributed by atoms with Crippen LogP contribution in [0.5, 0.6) is 5.75 Å². The summed E-state index contributed by atoms with van der Waals surface area (Å²) in [7, 11) is 4.07. The fraction of sp³-hybridized carbons (Fsp3) is 0.500. The lowest BCUT2D eigenvalue weighted by molar-refractivity contribution is 0.224. The van der Waals surface area contributed by atoms with Gasteiger partial charge in [0.15, 0.2) is 0 Å². The second-order valence-electron chi connectivity index (χ2n) is 4.09. The molecule has 0 saturated carbocycles. The highest BCUT2D eigenvalue weighted by molar-refractivity contribution is 5.57. The number of nitrogens with zero attached hydrogens (tertiary/aromatic N) is 1. The predicted molar refractivity (Wildman–Crippen MR) is 62.7 cm³/mol. The summed E-state index contributed by atoms with van der Waals surface area (Å²) in [6, 6.07) is 8.17. The molecule has 2 rings (SSSR count). The van der Waals surface area contributed by atoms with Crippen LogP contribution in [-0.2, 0) is 0 Å². The van der Waals surface area contributed by atoms with E-state index in [-0.39, 0.29) is 0 Å². The van der Waals surface area contributed by atoms with Crippen LogP contribution >= 0.6 is 0 Å². The molecular weight excluding hydrogens is 188 g/mol. The van der Waals surface area contributed by atoms with Gasteiger partial charge in [0.1, 0.15) is 11.9 Å². The first-order chi connectivity index (χ1) is 7.27. The maximum Gasteiger partial charge on any atom is 0.143 e. The Balaban J connectivity index is 2.12. The average Bonchev–Trinajstić information content (AvgIpc) is 2.71. The van der Waals surface area contributed by atoms with E-state index in [4.69, 9.17) is 4.74 Å². The Morgan fingerprint density at radius 1 is 1.33 bits per heavy atom. The van der Waals surface area contributed by atoms with Gasteiger partial charge in [-0.1, -0.05) is 12.1 Å². The van der Waals surface area contributed by atoms with E-state index in [1.54, 1.807) is 0 Å². The van der Waals surface area contributed by atoms with Crippen molar-refractivity contribution in [1.29, 1.82) is 0 Å². The quantitative estimate of drug-likeness (QED) is 0.811. The van der Waals surface area contributed by atoms with Crippen molar-refractivity contribution in [2.75, 3.05) is 32.1 Å². The fourth-order valence-electron chi connectivity index (χ4n) is 1.83. The van der Waals surface area contributed by atoms with E-state index in [1.165, 1.54) is 0 Å². The molecule has 1 heterocycles. The summed E-state index contributed by atoms with van der Waals surface area (Å²) >= 11 is 0. The molecule has 1 aromatic carbocycles. The van der Waals surface area contributed by atoms with E-state index in [0.717, 1.165) is 30.9 Å². The zero-order chi connectivity index (χ0) is 10.7. The molecule has 1 unspecified atom stereocenters. The number of para-hydroxylation sites is 2. The Labute approximate surface area is 91.0 Å². The maximum absolute atomic E-state index is 5.96. The number of anilines is 1. The lowest BCUT2D eigenvalue weighted by Crippen LogP contribution is -2.21. The van der Waals surface area contributed by atoms with Crippen molar-refractivity contribution in [3.8, 4) is 5.75 Å². The van der Waals surface area contributed by atoms with Gasteiger partial charge in [0.05, 0.1) is 5.69 Å². The molecule has 0 bridgehead atoms. The van der Waals surface area contributed by atoms with Crippen molar-refractivity contribution < 1.29 is 4.74 Å². The lowest BCUT2D eigenvalue weighted by Gasteiger charge is -2.20. The number of nitrogens with one attached hydrogen (secondary N) is 1. The monoisotopic (exact) mass is 206 g/mol. The van der Waals surface area contributed by atoms with E-state index in [2.05, 4.69) is 16.3 Å². The SMILES string of the molecule is CN(C)c1ccccc1OC1CCNC1. The summed E-state index contributed by atoms with van der Waals surface area (Å²) in [5.74, 6) is 0.983. The Kier molecular flexibility index (Phi) is 3.11. The highest BCUT2D eigenvalue weighted by Gasteiger charge is 2.17. The molecule has 0 aromatic heterocycles. The molecular formula is C12H18N2O. The number of hydrogen-bond acceptors (Lipinski definition) is 3. The van der Waals surface area contributed by atoms with Gasteiger partial charge in [-0.25, -0.2) is 0 Å². The summed E-state index contributed by atoms with van der Waals surface area (Å²) in [6.45, 7) is 2.02. The first-order valence-electron chi connectivity index (χ1n) is 5.41. The van der Waals surface area contributed by atoms with Gasteiger partial charge in [-0.15, -0.1) is 0 Å². The van der Waals surface area contributed by atoms with Crippen LogP contribution in [-0.4, -0.2) is 33.3 Å². The molecule has 0 spiro atoms.